The van der Waals surface area contributed by atoms with Gasteiger partial charge >= 0.3 is 0 Å². The molecule has 0 bridgehead atoms. The van der Waals surface area contributed by atoms with Crippen LogP contribution in [0.3, 0.4) is 0 Å². The van der Waals surface area contributed by atoms with Crippen molar-refractivity contribution in [2.24, 2.45) is 5.73 Å². The average molecular weight is 253 g/mol. The molecule has 6 heteroatoms. The second-order valence-corrected chi connectivity index (χ2v) is 4.55. The third-order valence-corrected chi connectivity index (χ3v) is 2.29. The van der Waals surface area contributed by atoms with Crippen molar-refractivity contribution in [3.8, 4) is 6.07 Å². The van der Waals surface area contributed by atoms with Gasteiger partial charge in [0, 0.05) is 12.0 Å². The van der Waals surface area contributed by atoms with Crippen molar-refractivity contribution >= 4 is 11.6 Å². The van der Waals surface area contributed by atoms with Crippen LogP contribution in [0.2, 0.25) is 0 Å². The predicted octanol–water partition coefficient (Wildman–Crippen LogP) is 1.90. The standard InChI is InChI=1S/C12H13F2N3O/c1-12(2,5-9(16)18)17-8-4-3-7(6-15)10(13)11(8)14/h3-4,17H,5H2,1-2H3,(H2,16,18). The zero-order valence-corrected chi connectivity index (χ0v) is 10.1. The van der Waals surface area contributed by atoms with Gasteiger partial charge in [0.15, 0.2) is 11.6 Å². The van der Waals surface area contributed by atoms with Crippen LogP contribution in [0, 0.1) is 23.0 Å². The van der Waals surface area contributed by atoms with Crippen LogP contribution in [0.4, 0.5) is 14.5 Å². The summed E-state index contributed by atoms with van der Waals surface area (Å²) in [6, 6.07) is 3.96. The normalized spacial score (nSPS) is 10.8. The largest absolute Gasteiger partial charge is 0.377 e. The molecule has 1 aromatic carbocycles. The molecule has 1 rings (SSSR count). The second-order valence-electron chi connectivity index (χ2n) is 4.55. The van der Waals surface area contributed by atoms with Crippen LogP contribution < -0.4 is 11.1 Å². The Morgan fingerprint density at radius 3 is 2.56 bits per heavy atom. The molecule has 1 amide bonds. The van der Waals surface area contributed by atoms with Crippen molar-refractivity contribution in [1.82, 2.24) is 0 Å². The zero-order valence-electron chi connectivity index (χ0n) is 10.1. The van der Waals surface area contributed by atoms with E-state index in [1.807, 2.05) is 0 Å². The number of carbonyl (C=O) groups excluding carboxylic acids is 1. The van der Waals surface area contributed by atoms with E-state index in [-0.39, 0.29) is 17.7 Å². The van der Waals surface area contributed by atoms with Crippen LogP contribution in [0.15, 0.2) is 12.1 Å². The van der Waals surface area contributed by atoms with Crippen LogP contribution in [0.5, 0.6) is 0 Å². The third-order valence-electron chi connectivity index (χ3n) is 2.29. The van der Waals surface area contributed by atoms with Gasteiger partial charge in [0.1, 0.15) is 6.07 Å². The Bertz CT molecular complexity index is 521. The molecule has 0 aliphatic carbocycles. The number of rotatable bonds is 4. The van der Waals surface area contributed by atoms with Gasteiger partial charge in [-0.3, -0.25) is 4.79 Å². The highest BCUT2D eigenvalue weighted by molar-refractivity contribution is 5.75. The van der Waals surface area contributed by atoms with E-state index in [0.29, 0.717) is 0 Å². The number of carbonyl (C=O) groups is 1. The molecule has 1 aromatic rings. The summed E-state index contributed by atoms with van der Waals surface area (Å²) in [5.74, 6) is -2.91. The Labute approximate surface area is 103 Å². The van der Waals surface area contributed by atoms with Gasteiger partial charge in [-0.1, -0.05) is 0 Å². The molecular formula is C12H13F2N3O. The molecule has 0 heterocycles. The number of nitrogens with two attached hydrogens (primary N) is 1. The van der Waals surface area contributed by atoms with Gasteiger partial charge in [0.05, 0.1) is 11.3 Å². The summed E-state index contributed by atoms with van der Waals surface area (Å²) >= 11 is 0. The zero-order chi connectivity index (χ0) is 13.9. The highest BCUT2D eigenvalue weighted by atomic mass is 19.2. The molecule has 0 spiro atoms. The van der Waals surface area contributed by atoms with E-state index < -0.39 is 23.1 Å². The molecular weight excluding hydrogens is 240 g/mol. The molecule has 0 atom stereocenters. The molecule has 0 unspecified atom stereocenters. The van der Waals surface area contributed by atoms with E-state index in [4.69, 9.17) is 11.0 Å². The summed E-state index contributed by atoms with van der Waals surface area (Å²) in [6.07, 6.45) is -0.0337. The van der Waals surface area contributed by atoms with E-state index in [1.54, 1.807) is 19.9 Å². The highest BCUT2D eigenvalue weighted by Gasteiger charge is 2.23. The number of hydrogen-bond acceptors (Lipinski definition) is 3. The van der Waals surface area contributed by atoms with Gasteiger partial charge in [-0.25, -0.2) is 8.78 Å². The van der Waals surface area contributed by atoms with Gasteiger partial charge in [0.25, 0.3) is 0 Å². The Morgan fingerprint density at radius 2 is 2.06 bits per heavy atom. The van der Waals surface area contributed by atoms with Crippen LogP contribution in [0.25, 0.3) is 0 Å². The quantitative estimate of drug-likeness (QED) is 0.860. The van der Waals surface area contributed by atoms with Crippen LogP contribution >= 0.6 is 0 Å². The van der Waals surface area contributed by atoms with Crippen LogP contribution in [0.1, 0.15) is 25.8 Å². The molecule has 0 saturated carbocycles. The van der Waals surface area contributed by atoms with E-state index in [9.17, 15) is 13.6 Å². The minimum atomic E-state index is -1.21. The third kappa shape index (κ3) is 3.17. The van der Waals surface area contributed by atoms with Crippen LogP contribution in [-0.2, 0) is 4.79 Å². The number of nitriles is 1. The lowest BCUT2D eigenvalue weighted by molar-refractivity contribution is -0.118. The Hall–Kier alpha value is -2.16. The number of halogens is 2. The smallest absolute Gasteiger partial charge is 0.219 e. The van der Waals surface area contributed by atoms with Crippen molar-refractivity contribution in [2.45, 2.75) is 25.8 Å². The summed E-state index contributed by atoms with van der Waals surface area (Å²) in [7, 11) is 0. The Balaban J connectivity index is 3.03. The van der Waals surface area contributed by atoms with Crippen LogP contribution in [-0.4, -0.2) is 11.4 Å². The fourth-order valence-electron chi connectivity index (χ4n) is 1.58. The molecule has 0 aliphatic heterocycles. The van der Waals surface area contributed by atoms with Crippen molar-refractivity contribution in [3.63, 3.8) is 0 Å². The number of nitrogens with one attached hydrogen (secondary N) is 1. The van der Waals surface area contributed by atoms with E-state index in [0.717, 1.165) is 0 Å². The number of nitrogens with zero attached hydrogens (tertiary/aromatic N) is 1. The Morgan fingerprint density at radius 1 is 1.44 bits per heavy atom. The van der Waals surface area contributed by atoms with E-state index >= 15 is 0 Å². The first kappa shape index (κ1) is 13.9. The van der Waals surface area contributed by atoms with Gasteiger partial charge in [0.2, 0.25) is 5.91 Å². The molecule has 96 valence electrons. The molecule has 18 heavy (non-hydrogen) atoms. The highest BCUT2D eigenvalue weighted by Crippen LogP contribution is 2.24. The fraction of sp³-hybridized carbons (Fsp3) is 0.333. The minimum absolute atomic E-state index is 0.0337. The molecule has 0 radical (unpaired) electrons. The topological polar surface area (TPSA) is 78.9 Å². The first-order valence-corrected chi connectivity index (χ1v) is 5.21. The van der Waals surface area contributed by atoms with Gasteiger partial charge in [-0.05, 0) is 26.0 Å². The lowest BCUT2D eigenvalue weighted by Crippen LogP contribution is -2.36. The molecule has 4 nitrogen and oxygen atoms in total. The summed E-state index contributed by atoms with van der Waals surface area (Å²) in [5, 5.41) is 11.2. The lowest BCUT2D eigenvalue weighted by Gasteiger charge is -2.26. The SMILES string of the molecule is CC(C)(CC(N)=O)Nc1ccc(C#N)c(F)c1F. The average Bonchev–Trinajstić information content (AvgIpc) is 2.23. The number of anilines is 1. The predicted molar refractivity (Wildman–Crippen MR) is 62.6 cm³/mol. The second kappa shape index (κ2) is 5.00. The first-order chi connectivity index (χ1) is 8.26. The van der Waals surface area contributed by atoms with Crippen molar-refractivity contribution in [3.05, 3.63) is 29.3 Å². The lowest BCUT2D eigenvalue weighted by atomic mass is 9.99. The van der Waals surface area contributed by atoms with Gasteiger partial charge in [-0.2, -0.15) is 5.26 Å². The van der Waals surface area contributed by atoms with E-state index in [1.165, 1.54) is 12.1 Å². The van der Waals surface area contributed by atoms with Gasteiger partial charge in [-0.15, -0.1) is 0 Å². The summed E-state index contributed by atoms with van der Waals surface area (Å²) in [4.78, 5) is 10.8. The summed E-state index contributed by atoms with van der Waals surface area (Å²) in [5.41, 5.74) is 3.76. The number of amides is 1. The van der Waals surface area contributed by atoms with Crippen molar-refractivity contribution in [2.75, 3.05) is 5.32 Å². The molecule has 0 saturated heterocycles. The maximum atomic E-state index is 13.6. The van der Waals surface area contributed by atoms with Crippen molar-refractivity contribution in [1.29, 1.82) is 5.26 Å². The number of hydrogen-bond donors (Lipinski definition) is 2. The van der Waals surface area contributed by atoms with Crippen molar-refractivity contribution < 1.29 is 13.6 Å². The fourth-order valence-corrected chi connectivity index (χ4v) is 1.58. The maximum Gasteiger partial charge on any atom is 0.219 e. The first-order valence-electron chi connectivity index (χ1n) is 5.21. The molecule has 0 aliphatic rings. The molecule has 0 fully saturated rings. The number of primary amides is 1. The maximum absolute atomic E-state index is 13.6. The number of benzene rings is 1. The van der Waals surface area contributed by atoms with E-state index in [2.05, 4.69) is 5.32 Å². The summed E-state index contributed by atoms with van der Waals surface area (Å²) < 4.78 is 27.0. The molecule has 3 N–H and O–H groups in total. The molecule has 0 aromatic heterocycles. The monoisotopic (exact) mass is 253 g/mol. The Kier molecular flexibility index (Phi) is 3.86. The minimum Gasteiger partial charge on any atom is -0.377 e. The summed E-state index contributed by atoms with van der Waals surface area (Å²) in [6.45, 7) is 3.26. The van der Waals surface area contributed by atoms with Gasteiger partial charge < -0.3 is 11.1 Å².